The molecule has 4 nitrogen and oxygen atoms in total. The first-order chi connectivity index (χ1) is 12.0. The first-order valence-electron chi connectivity index (χ1n) is 7.18. The van der Waals surface area contributed by atoms with Gasteiger partial charge in [-0.2, -0.15) is 0 Å². The average Bonchev–Trinajstić information content (AvgIpc) is 3.08. The molecule has 0 aliphatic heterocycles. The maximum atomic E-state index is 12.4. The Bertz CT molecular complexity index is 937. The molecule has 0 saturated heterocycles. The van der Waals surface area contributed by atoms with Crippen LogP contribution in [0.1, 0.15) is 10.6 Å². The first-order valence-corrected chi connectivity index (χ1v) is 8.31. The molecule has 1 heterocycles. The van der Waals surface area contributed by atoms with Gasteiger partial charge in [0.25, 0.3) is 5.91 Å². The number of nitrogens with one attached hydrogen (secondary N) is 1. The Morgan fingerprint density at radius 3 is 2.52 bits per heavy atom. The Labute approximate surface area is 159 Å². The number of anilines is 1. The number of ether oxygens (including phenoxy) is 1. The van der Waals surface area contributed by atoms with Crippen molar-refractivity contribution in [3.8, 4) is 17.1 Å². The van der Waals surface area contributed by atoms with Crippen molar-refractivity contribution in [1.29, 1.82) is 0 Å². The van der Waals surface area contributed by atoms with Gasteiger partial charge in [0.05, 0.1) is 22.8 Å². The van der Waals surface area contributed by atoms with Crippen molar-refractivity contribution in [3.63, 3.8) is 0 Å². The van der Waals surface area contributed by atoms with E-state index in [4.69, 9.17) is 44.0 Å². The van der Waals surface area contributed by atoms with Crippen LogP contribution in [-0.2, 0) is 0 Å². The van der Waals surface area contributed by atoms with E-state index in [2.05, 4.69) is 5.32 Å². The van der Waals surface area contributed by atoms with Crippen LogP contribution in [0.5, 0.6) is 5.75 Å². The molecule has 0 unspecified atom stereocenters. The predicted octanol–water partition coefficient (Wildman–Crippen LogP) is 6.17. The number of benzene rings is 2. The van der Waals surface area contributed by atoms with Gasteiger partial charge in [0.15, 0.2) is 5.76 Å². The van der Waals surface area contributed by atoms with E-state index in [9.17, 15) is 4.79 Å². The van der Waals surface area contributed by atoms with Gasteiger partial charge in [-0.05, 0) is 48.5 Å². The molecule has 0 fully saturated rings. The Balaban J connectivity index is 1.83. The topological polar surface area (TPSA) is 51.5 Å². The highest BCUT2D eigenvalue weighted by atomic mass is 35.5. The molecule has 0 saturated carbocycles. The predicted molar refractivity (Wildman–Crippen MR) is 100 cm³/mol. The van der Waals surface area contributed by atoms with Crippen LogP contribution in [0.3, 0.4) is 0 Å². The van der Waals surface area contributed by atoms with Crippen molar-refractivity contribution in [2.75, 3.05) is 12.4 Å². The molecule has 0 aliphatic rings. The van der Waals surface area contributed by atoms with Crippen molar-refractivity contribution in [3.05, 3.63) is 69.4 Å². The van der Waals surface area contributed by atoms with Crippen LogP contribution in [0.4, 0.5) is 5.69 Å². The zero-order valence-electron chi connectivity index (χ0n) is 13.0. The summed E-state index contributed by atoms with van der Waals surface area (Å²) < 4.78 is 10.8. The normalized spacial score (nSPS) is 10.6. The summed E-state index contributed by atoms with van der Waals surface area (Å²) in [7, 11) is 1.51. The minimum atomic E-state index is -0.424. The molecular formula is C18H12Cl3NO3. The fraction of sp³-hybridized carbons (Fsp3) is 0.0556. The van der Waals surface area contributed by atoms with E-state index in [0.717, 1.165) is 0 Å². The highest BCUT2D eigenvalue weighted by molar-refractivity contribution is 6.42. The molecule has 1 N–H and O–H groups in total. The Morgan fingerprint density at radius 2 is 1.80 bits per heavy atom. The number of carbonyl (C=O) groups excluding carboxylic acids is 1. The third-order valence-electron chi connectivity index (χ3n) is 3.44. The van der Waals surface area contributed by atoms with Crippen molar-refractivity contribution in [2.24, 2.45) is 0 Å². The third-order valence-corrected chi connectivity index (χ3v) is 4.42. The van der Waals surface area contributed by atoms with Gasteiger partial charge in [-0.3, -0.25) is 4.79 Å². The highest BCUT2D eigenvalue weighted by Crippen LogP contribution is 2.31. The lowest BCUT2D eigenvalue weighted by Gasteiger charge is -2.09. The molecule has 25 heavy (non-hydrogen) atoms. The minimum Gasteiger partial charge on any atom is -0.495 e. The molecule has 2 aromatic carbocycles. The van der Waals surface area contributed by atoms with Crippen LogP contribution >= 0.6 is 34.8 Å². The van der Waals surface area contributed by atoms with E-state index < -0.39 is 5.91 Å². The van der Waals surface area contributed by atoms with E-state index in [-0.39, 0.29) is 5.76 Å². The van der Waals surface area contributed by atoms with Gasteiger partial charge >= 0.3 is 0 Å². The molecule has 3 rings (SSSR count). The van der Waals surface area contributed by atoms with Gasteiger partial charge in [-0.1, -0.05) is 34.8 Å². The van der Waals surface area contributed by atoms with E-state index in [1.54, 1.807) is 48.5 Å². The smallest absolute Gasteiger partial charge is 0.291 e. The molecular weight excluding hydrogens is 385 g/mol. The largest absolute Gasteiger partial charge is 0.495 e. The second-order valence-corrected chi connectivity index (χ2v) is 6.34. The molecule has 0 aliphatic carbocycles. The maximum absolute atomic E-state index is 12.4. The summed E-state index contributed by atoms with van der Waals surface area (Å²) in [4.78, 5) is 12.4. The summed E-state index contributed by atoms with van der Waals surface area (Å²) in [5.74, 6) is 0.714. The van der Waals surface area contributed by atoms with Gasteiger partial charge < -0.3 is 14.5 Å². The molecule has 1 aromatic heterocycles. The molecule has 0 atom stereocenters. The summed E-state index contributed by atoms with van der Waals surface area (Å²) in [5.41, 5.74) is 1.17. The van der Waals surface area contributed by atoms with E-state index in [1.165, 1.54) is 7.11 Å². The number of hydrogen-bond donors (Lipinski definition) is 1. The zero-order chi connectivity index (χ0) is 18.0. The molecule has 1 amide bonds. The molecule has 0 bridgehead atoms. The number of amides is 1. The summed E-state index contributed by atoms with van der Waals surface area (Å²) in [6.45, 7) is 0. The average molecular weight is 397 g/mol. The highest BCUT2D eigenvalue weighted by Gasteiger charge is 2.15. The Morgan fingerprint density at radius 1 is 1.00 bits per heavy atom. The second kappa shape index (κ2) is 7.40. The summed E-state index contributed by atoms with van der Waals surface area (Å²) in [6.07, 6.45) is 0. The van der Waals surface area contributed by atoms with Crippen LogP contribution in [0.25, 0.3) is 11.3 Å². The van der Waals surface area contributed by atoms with Crippen LogP contribution in [0, 0.1) is 0 Å². The number of hydrogen-bond acceptors (Lipinski definition) is 3. The molecule has 0 radical (unpaired) electrons. The second-order valence-electron chi connectivity index (χ2n) is 5.09. The van der Waals surface area contributed by atoms with Crippen molar-refractivity contribution < 1.29 is 13.9 Å². The molecule has 0 spiro atoms. The standard InChI is InChI=1S/C18H12Cl3NO3/c1-24-16-5-3-11(19)9-14(16)22-18(23)17-7-6-15(25-17)10-2-4-12(20)13(21)8-10/h2-9H,1H3,(H,22,23). The van der Waals surface area contributed by atoms with Crippen LogP contribution in [0.2, 0.25) is 15.1 Å². The van der Waals surface area contributed by atoms with Crippen LogP contribution in [-0.4, -0.2) is 13.0 Å². The lowest BCUT2D eigenvalue weighted by atomic mass is 10.2. The van der Waals surface area contributed by atoms with E-state index in [1.807, 2.05) is 0 Å². The number of rotatable bonds is 4. The quantitative estimate of drug-likeness (QED) is 0.574. The van der Waals surface area contributed by atoms with Crippen LogP contribution in [0.15, 0.2) is 52.9 Å². The van der Waals surface area contributed by atoms with Gasteiger partial charge in [0.1, 0.15) is 11.5 Å². The Hall–Kier alpha value is -2.14. The third kappa shape index (κ3) is 3.93. The summed E-state index contributed by atoms with van der Waals surface area (Å²) in [6, 6.07) is 13.3. The van der Waals surface area contributed by atoms with Crippen molar-refractivity contribution in [2.45, 2.75) is 0 Å². The monoisotopic (exact) mass is 395 g/mol. The zero-order valence-corrected chi connectivity index (χ0v) is 15.2. The lowest BCUT2D eigenvalue weighted by Crippen LogP contribution is -2.11. The van der Waals surface area contributed by atoms with Gasteiger partial charge in [0, 0.05) is 10.6 Å². The van der Waals surface area contributed by atoms with Crippen molar-refractivity contribution >= 4 is 46.4 Å². The molecule has 7 heteroatoms. The summed E-state index contributed by atoms with van der Waals surface area (Å²) in [5, 5.41) is 4.05. The molecule has 128 valence electrons. The Kier molecular flexibility index (Phi) is 5.23. The number of halogens is 3. The van der Waals surface area contributed by atoms with E-state index >= 15 is 0 Å². The first kappa shape index (κ1) is 17.7. The van der Waals surface area contributed by atoms with Crippen LogP contribution < -0.4 is 10.1 Å². The van der Waals surface area contributed by atoms with Crippen molar-refractivity contribution in [1.82, 2.24) is 0 Å². The van der Waals surface area contributed by atoms with Gasteiger partial charge in [-0.15, -0.1) is 0 Å². The van der Waals surface area contributed by atoms with Gasteiger partial charge in [-0.25, -0.2) is 0 Å². The number of furan rings is 1. The number of carbonyl (C=O) groups is 1. The maximum Gasteiger partial charge on any atom is 0.291 e. The lowest BCUT2D eigenvalue weighted by molar-refractivity contribution is 0.0997. The SMILES string of the molecule is COc1ccc(Cl)cc1NC(=O)c1ccc(-c2ccc(Cl)c(Cl)c2)o1. The number of methoxy groups -OCH3 is 1. The fourth-order valence-corrected chi connectivity index (χ4v) is 2.70. The molecule has 3 aromatic rings. The van der Waals surface area contributed by atoms with Gasteiger partial charge in [0.2, 0.25) is 0 Å². The minimum absolute atomic E-state index is 0.142. The summed E-state index contributed by atoms with van der Waals surface area (Å²) >= 11 is 17.9. The van der Waals surface area contributed by atoms with E-state index in [0.29, 0.717) is 37.8 Å². The fourth-order valence-electron chi connectivity index (χ4n) is 2.23.